The minimum Gasteiger partial charge on any atom is -0.467 e. The average molecular weight is 233 g/mol. The Balaban J connectivity index is 4.21. The van der Waals surface area contributed by atoms with E-state index in [0.717, 1.165) is 4.90 Å². The van der Waals surface area contributed by atoms with E-state index >= 15 is 0 Å². The van der Waals surface area contributed by atoms with E-state index < -0.39 is 23.8 Å². The Hall–Kier alpha value is -1.30. The fourth-order valence-corrected chi connectivity index (χ4v) is 0.884. The van der Waals surface area contributed by atoms with Crippen LogP contribution in [-0.4, -0.2) is 54.5 Å². The van der Waals surface area contributed by atoms with E-state index in [1.165, 1.54) is 14.2 Å². The molecular formula is C10H19NO5. The molecule has 1 atom stereocenters. The first-order valence-electron chi connectivity index (χ1n) is 4.87. The van der Waals surface area contributed by atoms with Gasteiger partial charge in [0.1, 0.15) is 5.60 Å². The Morgan fingerprint density at radius 3 is 2.25 bits per heavy atom. The number of esters is 1. The van der Waals surface area contributed by atoms with Crippen LogP contribution in [0, 0.1) is 0 Å². The number of hydrogen-bond donors (Lipinski definition) is 1. The van der Waals surface area contributed by atoms with E-state index in [9.17, 15) is 14.7 Å². The van der Waals surface area contributed by atoms with Crippen molar-refractivity contribution < 1.29 is 24.2 Å². The van der Waals surface area contributed by atoms with Gasteiger partial charge in [-0.05, 0) is 20.8 Å². The quantitative estimate of drug-likeness (QED) is 0.713. The second-order valence-corrected chi connectivity index (χ2v) is 4.40. The van der Waals surface area contributed by atoms with E-state index in [2.05, 4.69) is 4.74 Å². The van der Waals surface area contributed by atoms with Gasteiger partial charge in [0.05, 0.1) is 13.7 Å². The molecule has 0 saturated carbocycles. The summed E-state index contributed by atoms with van der Waals surface area (Å²) in [6.45, 7) is 5.03. The number of aliphatic hydroxyl groups is 1. The smallest absolute Gasteiger partial charge is 0.410 e. The first-order chi connectivity index (χ1) is 7.17. The summed E-state index contributed by atoms with van der Waals surface area (Å²) in [5, 5.41) is 9.31. The average Bonchev–Trinajstić information content (AvgIpc) is 2.13. The molecule has 16 heavy (non-hydrogen) atoms. The minimum absolute atomic E-state index is 0.165. The number of nitrogens with zero attached hydrogens (tertiary/aromatic N) is 1. The number of hydrogen-bond acceptors (Lipinski definition) is 5. The maximum absolute atomic E-state index is 11.4. The SMILES string of the molecule is COC(=O)C(O)CN(C)C(=O)OC(C)(C)C. The highest BCUT2D eigenvalue weighted by atomic mass is 16.6. The molecule has 0 aromatic rings. The highest BCUT2D eigenvalue weighted by Crippen LogP contribution is 2.09. The summed E-state index contributed by atoms with van der Waals surface area (Å²) in [5.74, 6) is -0.782. The summed E-state index contributed by atoms with van der Waals surface area (Å²) in [6, 6.07) is 0. The van der Waals surface area contributed by atoms with Crippen LogP contribution in [0.5, 0.6) is 0 Å². The van der Waals surface area contributed by atoms with E-state index in [0.29, 0.717) is 0 Å². The van der Waals surface area contributed by atoms with Gasteiger partial charge >= 0.3 is 12.1 Å². The fraction of sp³-hybridized carbons (Fsp3) is 0.800. The number of likely N-dealkylation sites (N-methyl/N-ethyl adjacent to an activating group) is 1. The second kappa shape index (κ2) is 5.69. The Labute approximate surface area is 95.1 Å². The Morgan fingerprint density at radius 2 is 1.88 bits per heavy atom. The van der Waals surface area contributed by atoms with E-state index in [1.807, 2.05) is 0 Å². The van der Waals surface area contributed by atoms with Crippen molar-refractivity contribution in [2.24, 2.45) is 0 Å². The molecule has 0 radical (unpaired) electrons. The van der Waals surface area contributed by atoms with Crippen molar-refractivity contribution in [2.75, 3.05) is 20.7 Å². The molecule has 0 rings (SSSR count). The lowest BCUT2D eigenvalue weighted by Gasteiger charge is -2.25. The maximum atomic E-state index is 11.4. The monoisotopic (exact) mass is 233 g/mol. The van der Waals surface area contributed by atoms with Crippen molar-refractivity contribution in [3.63, 3.8) is 0 Å². The predicted molar refractivity (Wildman–Crippen MR) is 56.9 cm³/mol. The Bertz CT molecular complexity index is 258. The topological polar surface area (TPSA) is 76.1 Å². The third-order valence-corrected chi connectivity index (χ3v) is 1.63. The van der Waals surface area contributed by atoms with Gasteiger partial charge in [0.25, 0.3) is 0 Å². The number of aliphatic hydroxyl groups excluding tert-OH is 1. The summed E-state index contributed by atoms with van der Waals surface area (Å²) >= 11 is 0. The summed E-state index contributed by atoms with van der Waals surface area (Å²) in [7, 11) is 2.60. The molecule has 0 spiro atoms. The van der Waals surface area contributed by atoms with Crippen LogP contribution in [0.3, 0.4) is 0 Å². The molecule has 0 aromatic carbocycles. The van der Waals surface area contributed by atoms with Crippen LogP contribution < -0.4 is 0 Å². The number of rotatable bonds is 3. The summed E-state index contributed by atoms with van der Waals surface area (Å²) < 4.78 is 9.36. The summed E-state index contributed by atoms with van der Waals surface area (Å²) in [6.07, 6.45) is -1.96. The minimum atomic E-state index is -1.36. The molecule has 0 aliphatic heterocycles. The zero-order valence-electron chi connectivity index (χ0n) is 10.3. The zero-order valence-corrected chi connectivity index (χ0v) is 10.3. The molecular weight excluding hydrogens is 214 g/mol. The third-order valence-electron chi connectivity index (χ3n) is 1.63. The molecule has 1 amide bonds. The standard InChI is InChI=1S/C10H19NO5/c1-10(2,3)16-9(14)11(4)6-7(12)8(13)15-5/h7,12H,6H2,1-5H3. The molecule has 94 valence electrons. The van der Waals surface area contributed by atoms with Crippen molar-refractivity contribution in [2.45, 2.75) is 32.5 Å². The van der Waals surface area contributed by atoms with Crippen molar-refractivity contribution in [1.82, 2.24) is 4.90 Å². The van der Waals surface area contributed by atoms with E-state index in [-0.39, 0.29) is 6.54 Å². The predicted octanol–water partition coefficient (Wildman–Crippen LogP) is 0.387. The maximum Gasteiger partial charge on any atom is 0.410 e. The van der Waals surface area contributed by atoms with E-state index in [1.54, 1.807) is 20.8 Å². The number of carbonyl (C=O) groups is 2. The first-order valence-corrected chi connectivity index (χ1v) is 4.87. The van der Waals surface area contributed by atoms with Gasteiger partial charge in [-0.15, -0.1) is 0 Å². The molecule has 0 bridgehead atoms. The number of methoxy groups -OCH3 is 1. The summed E-state index contributed by atoms with van der Waals surface area (Å²) in [5.41, 5.74) is -0.610. The van der Waals surface area contributed by atoms with Crippen molar-refractivity contribution in [1.29, 1.82) is 0 Å². The fourth-order valence-electron chi connectivity index (χ4n) is 0.884. The van der Waals surface area contributed by atoms with Gasteiger partial charge in [-0.25, -0.2) is 9.59 Å². The van der Waals surface area contributed by atoms with Gasteiger partial charge in [0.15, 0.2) is 6.10 Å². The van der Waals surface area contributed by atoms with Gasteiger partial charge in [-0.2, -0.15) is 0 Å². The second-order valence-electron chi connectivity index (χ2n) is 4.40. The molecule has 0 heterocycles. The number of amides is 1. The van der Waals surface area contributed by atoms with Gasteiger partial charge in [-0.1, -0.05) is 0 Å². The van der Waals surface area contributed by atoms with Crippen molar-refractivity contribution in [3.8, 4) is 0 Å². The summed E-state index contributed by atoms with van der Waals surface area (Å²) in [4.78, 5) is 23.5. The lowest BCUT2D eigenvalue weighted by atomic mass is 10.2. The van der Waals surface area contributed by atoms with Crippen molar-refractivity contribution >= 4 is 12.1 Å². The lowest BCUT2D eigenvalue weighted by Crippen LogP contribution is -2.41. The molecule has 6 heteroatoms. The van der Waals surface area contributed by atoms with E-state index in [4.69, 9.17) is 4.74 Å². The zero-order chi connectivity index (χ0) is 12.9. The molecule has 1 unspecified atom stereocenters. The molecule has 0 aromatic heterocycles. The van der Waals surface area contributed by atoms with Crippen LogP contribution in [0.15, 0.2) is 0 Å². The Kier molecular flexibility index (Phi) is 5.23. The van der Waals surface area contributed by atoms with Crippen LogP contribution in [0.1, 0.15) is 20.8 Å². The molecule has 1 N–H and O–H groups in total. The highest BCUT2D eigenvalue weighted by molar-refractivity contribution is 5.75. The van der Waals surface area contributed by atoms with Crippen LogP contribution in [0.25, 0.3) is 0 Å². The van der Waals surface area contributed by atoms with Crippen LogP contribution in [-0.2, 0) is 14.3 Å². The van der Waals surface area contributed by atoms with Crippen LogP contribution in [0.2, 0.25) is 0 Å². The van der Waals surface area contributed by atoms with Gasteiger partial charge < -0.3 is 19.5 Å². The normalized spacial score (nSPS) is 12.9. The van der Waals surface area contributed by atoms with Crippen LogP contribution >= 0.6 is 0 Å². The molecule has 0 aliphatic rings. The lowest BCUT2D eigenvalue weighted by molar-refractivity contribution is -0.151. The van der Waals surface area contributed by atoms with Crippen molar-refractivity contribution in [3.05, 3.63) is 0 Å². The van der Waals surface area contributed by atoms with Gasteiger partial charge in [0.2, 0.25) is 0 Å². The first kappa shape index (κ1) is 14.7. The Morgan fingerprint density at radius 1 is 1.38 bits per heavy atom. The third kappa shape index (κ3) is 5.55. The largest absolute Gasteiger partial charge is 0.467 e. The number of ether oxygens (including phenoxy) is 2. The molecule has 0 fully saturated rings. The molecule has 6 nitrogen and oxygen atoms in total. The molecule has 0 saturated heterocycles. The number of carbonyl (C=O) groups excluding carboxylic acids is 2. The van der Waals surface area contributed by atoms with Crippen LogP contribution in [0.4, 0.5) is 4.79 Å². The van der Waals surface area contributed by atoms with Gasteiger partial charge in [0, 0.05) is 7.05 Å². The van der Waals surface area contributed by atoms with Gasteiger partial charge in [-0.3, -0.25) is 0 Å². The highest BCUT2D eigenvalue weighted by Gasteiger charge is 2.24. The molecule has 0 aliphatic carbocycles.